The first-order valence-electron chi connectivity index (χ1n) is 4.89. The van der Waals surface area contributed by atoms with Crippen LogP contribution in [0.15, 0.2) is 10.6 Å². The number of carbonyl (C=O) groups excluding carboxylic acids is 1. The van der Waals surface area contributed by atoms with Gasteiger partial charge in [0.2, 0.25) is 0 Å². The molecule has 0 amide bonds. The third-order valence-corrected chi connectivity index (χ3v) is 1.79. The standard InChI is InChI=1S/C10H15NO4/c1-3-4-5-14-10(12)9-6-8(7-13-2)15-11-9/h6H,3-5,7H2,1-2H3. The highest BCUT2D eigenvalue weighted by Gasteiger charge is 2.13. The van der Waals surface area contributed by atoms with E-state index < -0.39 is 5.97 Å². The fourth-order valence-corrected chi connectivity index (χ4v) is 1.00. The molecule has 0 saturated carbocycles. The zero-order valence-corrected chi connectivity index (χ0v) is 8.99. The van der Waals surface area contributed by atoms with Crippen molar-refractivity contribution in [2.75, 3.05) is 13.7 Å². The van der Waals surface area contributed by atoms with Crippen LogP contribution < -0.4 is 0 Å². The Morgan fingerprint density at radius 3 is 3.07 bits per heavy atom. The van der Waals surface area contributed by atoms with E-state index >= 15 is 0 Å². The molecule has 0 bridgehead atoms. The second-order valence-corrected chi connectivity index (χ2v) is 3.10. The zero-order valence-electron chi connectivity index (χ0n) is 8.99. The fraction of sp³-hybridized carbons (Fsp3) is 0.600. The molecule has 1 heterocycles. The van der Waals surface area contributed by atoms with Crippen LogP contribution in [0, 0.1) is 0 Å². The summed E-state index contributed by atoms with van der Waals surface area (Å²) < 4.78 is 14.6. The molecule has 1 aromatic rings. The summed E-state index contributed by atoms with van der Waals surface area (Å²) in [5, 5.41) is 3.58. The molecule has 1 aromatic heterocycles. The average molecular weight is 213 g/mol. The normalized spacial score (nSPS) is 10.3. The molecule has 0 N–H and O–H groups in total. The van der Waals surface area contributed by atoms with Crippen LogP contribution in [0.2, 0.25) is 0 Å². The number of hydrogen-bond donors (Lipinski definition) is 0. The van der Waals surface area contributed by atoms with Gasteiger partial charge in [-0.2, -0.15) is 0 Å². The summed E-state index contributed by atoms with van der Waals surface area (Å²) >= 11 is 0. The predicted molar refractivity (Wildman–Crippen MR) is 52.4 cm³/mol. The monoisotopic (exact) mass is 213 g/mol. The smallest absolute Gasteiger partial charge is 0.360 e. The van der Waals surface area contributed by atoms with Crippen LogP contribution in [-0.2, 0) is 16.1 Å². The molecular weight excluding hydrogens is 198 g/mol. The van der Waals surface area contributed by atoms with Crippen molar-refractivity contribution in [3.8, 4) is 0 Å². The molecule has 0 aromatic carbocycles. The van der Waals surface area contributed by atoms with Gasteiger partial charge in [0, 0.05) is 13.2 Å². The first-order valence-corrected chi connectivity index (χ1v) is 4.89. The maximum atomic E-state index is 11.4. The molecule has 84 valence electrons. The van der Waals surface area contributed by atoms with E-state index in [4.69, 9.17) is 14.0 Å². The number of aromatic nitrogens is 1. The van der Waals surface area contributed by atoms with Crippen molar-refractivity contribution in [3.63, 3.8) is 0 Å². The van der Waals surface area contributed by atoms with Crippen molar-refractivity contribution in [2.45, 2.75) is 26.4 Å². The van der Waals surface area contributed by atoms with E-state index in [0.717, 1.165) is 12.8 Å². The van der Waals surface area contributed by atoms with Crippen LogP contribution in [-0.4, -0.2) is 24.8 Å². The van der Waals surface area contributed by atoms with E-state index in [2.05, 4.69) is 5.16 Å². The Bertz CT molecular complexity index is 308. The van der Waals surface area contributed by atoms with E-state index in [1.54, 1.807) is 7.11 Å². The Morgan fingerprint density at radius 2 is 2.40 bits per heavy atom. The van der Waals surface area contributed by atoms with Gasteiger partial charge in [-0.3, -0.25) is 0 Å². The first kappa shape index (κ1) is 11.7. The minimum Gasteiger partial charge on any atom is -0.461 e. The van der Waals surface area contributed by atoms with E-state index in [9.17, 15) is 4.79 Å². The van der Waals surface area contributed by atoms with Crippen LogP contribution in [0.1, 0.15) is 36.0 Å². The Labute approximate surface area is 88.3 Å². The van der Waals surface area contributed by atoms with E-state index in [1.807, 2.05) is 6.92 Å². The van der Waals surface area contributed by atoms with Gasteiger partial charge in [0.15, 0.2) is 11.5 Å². The number of ether oxygens (including phenoxy) is 2. The van der Waals surface area contributed by atoms with Crippen molar-refractivity contribution >= 4 is 5.97 Å². The molecule has 0 fully saturated rings. The highest BCUT2D eigenvalue weighted by Crippen LogP contribution is 2.06. The van der Waals surface area contributed by atoms with Gasteiger partial charge in [0.05, 0.1) is 6.61 Å². The minimum atomic E-state index is -0.449. The van der Waals surface area contributed by atoms with Crippen LogP contribution in [0.3, 0.4) is 0 Å². The summed E-state index contributed by atoms with van der Waals surface area (Å²) in [6.07, 6.45) is 1.84. The zero-order chi connectivity index (χ0) is 11.1. The van der Waals surface area contributed by atoms with Crippen molar-refractivity contribution in [1.29, 1.82) is 0 Å². The predicted octanol–water partition coefficient (Wildman–Crippen LogP) is 1.78. The quantitative estimate of drug-likeness (QED) is 0.532. The van der Waals surface area contributed by atoms with Gasteiger partial charge in [0.1, 0.15) is 6.61 Å². The van der Waals surface area contributed by atoms with Crippen LogP contribution in [0.25, 0.3) is 0 Å². The molecule has 0 aliphatic rings. The summed E-state index contributed by atoms with van der Waals surface area (Å²) in [6.45, 7) is 2.75. The third kappa shape index (κ3) is 3.71. The highest BCUT2D eigenvalue weighted by atomic mass is 16.5. The average Bonchev–Trinajstić information content (AvgIpc) is 2.67. The Balaban J connectivity index is 2.43. The maximum Gasteiger partial charge on any atom is 0.360 e. The molecule has 5 nitrogen and oxygen atoms in total. The molecule has 5 heteroatoms. The van der Waals surface area contributed by atoms with Crippen LogP contribution >= 0.6 is 0 Å². The van der Waals surface area contributed by atoms with Gasteiger partial charge < -0.3 is 14.0 Å². The van der Waals surface area contributed by atoms with Crippen molar-refractivity contribution < 1.29 is 18.8 Å². The molecule has 0 atom stereocenters. The van der Waals surface area contributed by atoms with Crippen molar-refractivity contribution in [2.24, 2.45) is 0 Å². The molecule has 0 unspecified atom stereocenters. The molecule has 0 spiro atoms. The fourth-order valence-electron chi connectivity index (χ4n) is 1.00. The number of methoxy groups -OCH3 is 1. The SMILES string of the molecule is CCCCOC(=O)c1cc(COC)on1. The highest BCUT2D eigenvalue weighted by molar-refractivity contribution is 5.87. The second kappa shape index (κ2) is 6.19. The van der Waals surface area contributed by atoms with E-state index in [-0.39, 0.29) is 5.69 Å². The topological polar surface area (TPSA) is 61.6 Å². The third-order valence-electron chi connectivity index (χ3n) is 1.79. The number of unbranched alkanes of at least 4 members (excludes halogenated alkanes) is 1. The van der Waals surface area contributed by atoms with Gasteiger partial charge in [-0.15, -0.1) is 0 Å². The molecular formula is C10H15NO4. The molecule has 0 aliphatic carbocycles. The molecule has 1 rings (SSSR count). The lowest BCUT2D eigenvalue weighted by atomic mass is 10.3. The lowest BCUT2D eigenvalue weighted by molar-refractivity contribution is 0.0487. The Kier molecular flexibility index (Phi) is 4.83. The summed E-state index contributed by atoms with van der Waals surface area (Å²) in [5.74, 6) is 0.0643. The lowest BCUT2D eigenvalue weighted by Gasteiger charge is -1.99. The molecule has 0 saturated heterocycles. The van der Waals surface area contributed by atoms with Crippen LogP contribution in [0.5, 0.6) is 0 Å². The number of nitrogens with zero attached hydrogens (tertiary/aromatic N) is 1. The van der Waals surface area contributed by atoms with Gasteiger partial charge >= 0.3 is 5.97 Å². The minimum absolute atomic E-state index is 0.193. The summed E-state index contributed by atoms with van der Waals surface area (Å²) in [4.78, 5) is 11.4. The van der Waals surface area contributed by atoms with Crippen LogP contribution in [0.4, 0.5) is 0 Å². The molecule has 0 aliphatic heterocycles. The summed E-state index contributed by atoms with van der Waals surface area (Å²) in [6, 6.07) is 1.53. The van der Waals surface area contributed by atoms with E-state index in [1.165, 1.54) is 6.07 Å². The summed E-state index contributed by atoms with van der Waals surface area (Å²) in [5.41, 5.74) is 0.193. The number of hydrogen-bond acceptors (Lipinski definition) is 5. The molecule has 0 radical (unpaired) electrons. The van der Waals surface area contributed by atoms with E-state index in [0.29, 0.717) is 19.0 Å². The Morgan fingerprint density at radius 1 is 1.60 bits per heavy atom. The van der Waals surface area contributed by atoms with Gasteiger partial charge in [0.25, 0.3) is 0 Å². The first-order chi connectivity index (χ1) is 7.27. The second-order valence-electron chi connectivity index (χ2n) is 3.10. The van der Waals surface area contributed by atoms with Gasteiger partial charge in [-0.1, -0.05) is 18.5 Å². The number of esters is 1. The number of rotatable bonds is 6. The van der Waals surface area contributed by atoms with Crippen molar-refractivity contribution in [3.05, 3.63) is 17.5 Å². The Hall–Kier alpha value is -1.36. The van der Waals surface area contributed by atoms with Crippen molar-refractivity contribution in [1.82, 2.24) is 5.16 Å². The lowest BCUT2D eigenvalue weighted by Crippen LogP contribution is -2.06. The largest absolute Gasteiger partial charge is 0.461 e. The van der Waals surface area contributed by atoms with Gasteiger partial charge in [-0.05, 0) is 6.42 Å². The molecule has 15 heavy (non-hydrogen) atoms. The maximum absolute atomic E-state index is 11.4. The van der Waals surface area contributed by atoms with Gasteiger partial charge in [-0.25, -0.2) is 4.79 Å². The number of carbonyl (C=O) groups is 1. The summed E-state index contributed by atoms with van der Waals surface area (Å²) in [7, 11) is 1.54.